The number of hydrogen-bond donors (Lipinski definition) is 0. The molecular formula is C34H26Cl4O4. The van der Waals surface area contributed by atoms with Crippen molar-refractivity contribution in [2.24, 2.45) is 0 Å². The van der Waals surface area contributed by atoms with Crippen LogP contribution in [0, 0.1) is 0 Å². The van der Waals surface area contributed by atoms with E-state index in [1.165, 1.54) is 0 Å². The van der Waals surface area contributed by atoms with Crippen LogP contribution in [0.4, 0.5) is 0 Å². The van der Waals surface area contributed by atoms with E-state index in [0.29, 0.717) is 53.9 Å². The Labute approximate surface area is 261 Å². The summed E-state index contributed by atoms with van der Waals surface area (Å²) < 4.78 is 12.0. The molecule has 0 bridgehead atoms. The Balaban J connectivity index is 1.04. The molecule has 6 aromatic rings. The Morgan fingerprint density at radius 3 is 1.29 bits per heavy atom. The Hall–Kier alpha value is -3.02. The van der Waals surface area contributed by atoms with Crippen molar-refractivity contribution in [1.82, 2.24) is 0 Å². The van der Waals surface area contributed by atoms with Crippen LogP contribution in [0.15, 0.2) is 79.1 Å². The third-order valence-corrected chi connectivity index (χ3v) is 9.60. The molecule has 4 aromatic carbocycles. The van der Waals surface area contributed by atoms with Crippen molar-refractivity contribution in [3.8, 4) is 0 Å². The minimum Gasteiger partial charge on any atom is -0.456 e. The summed E-state index contributed by atoms with van der Waals surface area (Å²) in [6.07, 6.45) is 7.60. The fourth-order valence-electron chi connectivity index (χ4n) is 5.58. The summed E-state index contributed by atoms with van der Waals surface area (Å²) in [7, 11) is 0. The maximum Gasteiger partial charge on any atom is 0.202 e. The van der Waals surface area contributed by atoms with Gasteiger partial charge in [-0.05, 0) is 73.2 Å². The van der Waals surface area contributed by atoms with Gasteiger partial charge in [0.2, 0.25) is 10.9 Å². The minimum absolute atomic E-state index is 0.171. The second-order valence-corrected chi connectivity index (χ2v) is 12.1. The van der Waals surface area contributed by atoms with Gasteiger partial charge in [0.25, 0.3) is 0 Å². The monoisotopic (exact) mass is 638 g/mol. The highest BCUT2D eigenvalue weighted by Crippen LogP contribution is 2.36. The zero-order valence-corrected chi connectivity index (χ0v) is 25.6. The standard InChI is InChI=1S/C34H26Cl4O4/c35-29-19(17-25-27(31(29)37)33(39)21-13-7-9-15-23(21)41-25)11-5-3-1-2-4-6-12-20-18-26-28(32(38)30(20)36)34(40)22-14-8-10-16-24(22)42-26/h7-10,13-18H,1-6,11-12H2. The molecular weight excluding hydrogens is 614 g/mol. The number of unbranched alkanes of at least 4 members (excludes halogenated alkanes) is 5. The van der Waals surface area contributed by atoms with Crippen LogP contribution in [-0.2, 0) is 12.8 Å². The molecule has 0 unspecified atom stereocenters. The summed E-state index contributed by atoms with van der Waals surface area (Å²) in [5.74, 6) is 0. The molecule has 0 N–H and O–H groups in total. The van der Waals surface area contributed by atoms with E-state index in [9.17, 15) is 9.59 Å². The zero-order chi connectivity index (χ0) is 29.4. The molecule has 6 rings (SSSR count). The lowest BCUT2D eigenvalue weighted by Crippen LogP contribution is -2.04. The highest BCUT2D eigenvalue weighted by atomic mass is 35.5. The van der Waals surface area contributed by atoms with Crippen molar-refractivity contribution in [3.05, 3.63) is 112 Å². The summed E-state index contributed by atoms with van der Waals surface area (Å²) in [6.45, 7) is 0. The van der Waals surface area contributed by atoms with Gasteiger partial charge in [-0.15, -0.1) is 0 Å². The molecule has 4 nitrogen and oxygen atoms in total. The van der Waals surface area contributed by atoms with Gasteiger partial charge in [0, 0.05) is 0 Å². The van der Waals surface area contributed by atoms with Crippen LogP contribution in [0.3, 0.4) is 0 Å². The summed E-state index contributed by atoms with van der Waals surface area (Å²) in [5.41, 5.74) is 3.41. The van der Waals surface area contributed by atoms with Crippen LogP contribution in [0.25, 0.3) is 43.9 Å². The van der Waals surface area contributed by atoms with Gasteiger partial charge in [-0.1, -0.05) is 96.4 Å². The average Bonchev–Trinajstić information content (AvgIpc) is 2.99. The molecule has 42 heavy (non-hydrogen) atoms. The van der Waals surface area contributed by atoms with Crippen molar-refractivity contribution in [2.45, 2.75) is 51.4 Å². The molecule has 0 spiro atoms. The number of halogens is 4. The Morgan fingerprint density at radius 1 is 0.476 bits per heavy atom. The van der Waals surface area contributed by atoms with Crippen LogP contribution in [-0.4, -0.2) is 0 Å². The summed E-state index contributed by atoms with van der Waals surface area (Å²) >= 11 is 26.2. The van der Waals surface area contributed by atoms with Gasteiger partial charge in [-0.25, -0.2) is 0 Å². The average molecular weight is 640 g/mol. The van der Waals surface area contributed by atoms with E-state index in [1.807, 2.05) is 24.3 Å². The van der Waals surface area contributed by atoms with Crippen molar-refractivity contribution >= 4 is 90.3 Å². The normalized spacial score (nSPS) is 11.8. The maximum absolute atomic E-state index is 13.0. The van der Waals surface area contributed by atoms with Crippen LogP contribution in [0.2, 0.25) is 20.1 Å². The number of fused-ring (bicyclic) bond motifs is 4. The highest BCUT2D eigenvalue weighted by molar-refractivity contribution is 6.46. The largest absolute Gasteiger partial charge is 0.456 e. The lowest BCUT2D eigenvalue weighted by Gasteiger charge is -2.10. The smallest absolute Gasteiger partial charge is 0.202 e. The number of aryl methyl sites for hydroxylation is 2. The van der Waals surface area contributed by atoms with Crippen LogP contribution in [0.1, 0.15) is 49.7 Å². The molecule has 0 aliphatic carbocycles. The third-order valence-electron chi connectivity index (χ3n) is 7.79. The second kappa shape index (κ2) is 12.3. The molecule has 0 saturated heterocycles. The summed E-state index contributed by atoms with van der Waals surface area (Å²) in [6, 6.07) is 18.0. The van der Waals surface area contributed by atoms with Crippen molar-refractivity contribution in [1.29, 1.82) is 0 Å². The van der Waals surface area contributed by atoms with E-state index in [0.717, 1.165) is 62.5 Å². The molecule has 0 atom stereocenters. The minimum atomic E-state index is -0.171. The lowest BCUT2D eigenvalue weighted by atomic mass is 10.0. The number of para-hydroxylation sites is 2. The number of benzene rings is 4. The molecule has 0 saturated carbocycles. The van der Waals surface area contributed by atoms with E-state index >= 15 is 0 Å². The zero-order valence-electron chi connectivity index (χ0n) is 22.6. The van der Waals surface area contributed by atoms with Crippen molar-refractivity contribution in [2.75, 3.05) is 0 Å². The van der Waals surface area contributed by atoms with Crippen molar-refractivity contribution in [3.63, 3.8) is 0 Å². The van der Waals surface area contributed by atoms with Crippen LogP contribution >= 0.6 is 46.4 Å². The molecule has 0 aliphatic heterocycles. The third kappa shape index (κ3) is 5.42. The van der Waals surface area contributed by atoms with E-state index in [-0.39, 0.29) is 20.9 Å². The predicted octanol–water partition coefficient (Wildman–Crippen LogP) is 10.9. The van der Waals surface area contributed by atoms with E-state index in [2.05, 4.69) is 0 Å². The lowest BCUT2D eigenvalue weighted by molar-refractivity contribution is 0.593. The molecule has 0 radical (unpaired) electrons. The summed E-state index contributed by atoms with van der Waals surface area (Å²) in [5, 5.41) is 2.97. The van der Waals surface area contributed by atoms with E-state index < -0.39 is 0 Å². The van der Waals surface area contributed by atoms with Crippen LogP contribution < -0.4 is 10.9 Å². The summed E-state index contributed by atoms with van der Waals surface area (Å²) in [4.78, 5) is 25.9. The molecule has 0 fully saturated rings. The van der Waals surface area contributed by atoms with E-state index in [1.54, 1.807) is 36.4 Å². The van der Waals surface area contributed by atoms with Crippen LogP contribution in [0.5, 0.6) is 0 Å². The Morgan fingerprint density at radius 2 is 0.857 bits per heavy atom. The SMILES string of the molecule is O=c1c2ccccc2oc2cc(CCCCCCCCc3cc4oc5ccccc5c(=O)c4c(Cl)c3Cl)c(Cl)c(Cl)c12. The highest BCUT2D eigenvalue weighted by Gasteiger charge is 2.18. The Bertz CT molecular complexity index is 1940. The van der Waals surface area contributed by atoms with Gasteiger partial charge >= 0.3 is 0 Å². The van der Waals surface area contributed by atoms with Gasteiger partial charge < -0.3 is 8.83 Å². The first kappa shape index (κ1) is 29.1. The fraction of sp³-hybridized carbons (Fsp3) is 0.235. The topological polar surface area (TPSA) is 60.4 Å². The van der Waals surface area contributed by atoms with Gasteiger partial charge in [0.1, 0.15) is 22.3 Å². The fourth-order valence-corrected chi connectivity index (χ4v) is 6.67. The molecule has 0 aliphatic rings. The number of rotatable bonds is 9. The first-order chi connectivity index (χ1) is 20.3. The van der Waals surface area contributed by atoms with Gasteiger partial charge in [-0.3, -0.25) is 9.59 Å². The van der Waals surface area contributed by atoms with Crippen molar-refractivity contribution < 1.29 is 8.83 Å². The Kier molecular flexibility index (Phi) is 8.51. The van der Waals surface area contributed by atoms with E-state index in [4.69, 9.17) is 55.2 Å². The quantitative estimate of drug-likeness (QED) is 0.117. The molecule has 214 valence electrons. The molecule has 2 aromatic heterocycles. The second-order valence-electron chi connectivity index (χ2n) is 10.5. The predicted molar refractivity (Wildman–Crippen MR) is 175 cm³/mol. The molecule has 0 amide bonds. The van der Waals surface area contributed by atoms with Gasteiger partial charge in [-0.2, -0.15) is 0 Å². The molecule has 2 heterocycles. The van der Waals surface area contributed by atoms with Gasteiger partial charge in [0.05, 0.1) is 41.6 Å². The first-order valence-electron chi connectivity index (χ1n) is 14.0. The maximum atomic E-state index is 13.0. The van der Waals surface area contributed by atoms with Gasteiger partial charge in [0.15, 0.2) is 0 Å². The number of hydrogen-bond acceptors (Lipinski definition) is 4. The first-order valence-corrected chi connectivity index (χ1v) is 15.5. The molecule has 8 heteroatoms.